The van der Waals surface area contributed by atoms with Crippen LogP contribution in [-0.2, 0) is 12.8 Å². The lowest BCUT2D eigenvalue weighted by Crippen LogP contribution is -2.20. The highest BCUT2D eigenvalue weighted by atomic mass is 16.5. The summed E-state index contributed by atoms with van der Waals surface area (Å²) >= 11 is 0. The number of nitrogens with zero attached hydrogens (tertiary/aromatic N) is 1. The summed E-state index contributed by atoms with van der Waals surface area (Å²) in [4.78, 5) is 4.68. The van der Waals surface area contributed by atoms with Crippen LogP contribution in [0.5, 0.6) is 5.75 Å². The van der Waals surface area contributed by atoms with E-state index in [1.807, 2.05) is 0 Å². The molecule has 3 heteroatoms. The zero-order chi connectivity index (χ0) is 11.3. The summed E-state index contributed by atoms with van der Waals surface area (Å²) in [7, 11) is 0. The topological polar surface area (TPSA) is 34.2 Å². The number of pyridine rings is 1. The van der Waals surface area contributed by atoms with E-state index in [2.05, 4.69) is 37.1 Å². The van der Waals surface area contributed by atoms with Crippen LogP contribution in [0, 0.1) is 5.92 Å². The number of fused-ring (bicyclic) bond motifs is 2. The molecule has 0 spiro atoms. The summed E-state index contributed by atoms with van der Waals surface area (Å²) in [6, 6.07) is 2.68. The van der Waals surface area contributed by atoms with Gasteiger partial charge in [-0.1, -0.05) is 13.8 Å². The molecular weight excluding hydrogens is 200 g/mol. The molecule has 0 saturated heterocycles. The molecule has 2 aliphatic heterocycles. The fourth-order valence-electron chi connectivity index (χ4n) is 2.48. The van der Waals surface area contributed by atoms with Gasteiger partial charge < -0.3 is 10.1 Å². The largest absolute Gasteiger partial charge is 0.488 e. The van der Waals surface area contributed by atoms with E-state index in [4.69, 9.17) is 4.74 Å². The van der Waals surface area contributed by atoms with Gasteiger partial charge in [0.1, 0.15) is 17.7 Å². The Bertz CT molecular complexity index is 393. The van der Waals surface area contributed by atoms with E-state index in [1.54, 1.807) is 0 Å². The lowest BCUT2D eigenvalue weighted by atomic mass is 10.0. The van der Waals surface area contributed by atoms with Gasteiger partial charge >= 0.3 is 0 Å². The van der Waals surface area contributed by atoms with Crippen molar-refractivity contribution in [3.63, 3.8) is 0 Å². The Labute approximate surface area is 96.2 Å². The van der Waals surface area contributed by atoms with Crippen molar-refractivity contribution < 1.29 is 4.74 Å². The zero-order valence-electron chi connectivity index (χ0n) is 10.1. The maximum atomic E-state index is 5.94. The average Bonchev–Trinajstić information content (AvgIpc) is 2.74. The fraction of sp³-hybridized carbons (Fsp3) is 0.615. The third-order valence-electron chi connectivity index (χ3n) is 3.47. The van der Waals surface area contributed by atoms with Gasteiger partial charge in [0.05, 0.1) is 5.69 Å². The Balaban J connectivity index is 1.92. The lowest BCUT2D eigenvalue weighted by Gasteiger charge is -2.13. The van der Waals surface area contributed by atoms with Crippen molar-refractivity contribution in [2.45, 2.75) is 45.8 Å². The highest BCUT2D eigenvalue weighted by molar-refractivity contribution is 5.55. The van der Waals surface area contributed by atoms with Crippen LogP contribution in [0.15, 0.2) is 6.07 Å². The molecule has 0 amide bonds. The van der Waals surface area contributed by atoms with Gasteiger partial charge in [-0.25, -0.2) is 4.98 Å². The maximum Gasteiger partial charge on any atom is 0.141 e. The minimum atomic E-state index is 0.308. The lowest BCUT2D eigenvalue weighted by molar-refractivity contribution is 0.178. The molecule has 1 N–H and O–H groups in total. The Morgan fingerprint density at radius 1 is 1.44 bits per heavy atom. The van der Waals surface area contributed by atoms with Crippen molar-refractivity contribution in [3.8, 4) is 5.75 Å². The molecule has 3 nitrogen and oxygen atoms in total. The molecule has 3 rings (SSSR count). The molecule has 0 radical (unpaired) electrons. The van der Waals surface area contributed by atoms with E-state index in [9.17, 15) is 0 Å². The smallest absolute Gasteiger partial charge is 0.141 e. The fourth-order valence-corrected chi connectivity index (χ4v) is 2.48. The third kappa shape index (κ3) is 1.46. The molecule has 2 atom stereocenters. The molecule has 2 unspecified atom stereocenters. The highest BCUT2D eigenvalue weighted by Gasteiger charge is 2.30. The number of aromatic nitrogens is 1. The Morgan fingerprint density at radius 3 is 3.00 bits per heavy atom. The molecule has 1 aromatic rings. The first-order chi connectivity index (χ1) is 7.63. The summed E-state index contributed by atoms with van der Waals surface area (Å²) in [5.74, 6) is 2.63. The summed E-state index contributed by atoms with van der Waals surface area (Å²) in [6.07, 6.45) is 2.32. The molecule has 16 heavy (non-hydrogen) atoms. The Kier molecular flexibility index (Phi) is 2.09. The van der Waals surface area contributed by atoms with Crippen LogP contribution in [0.1, 0.15) is 32.0 Å². The minimum absolute atomic E-state index is 0.308. The molecule has 86 valence electrons. The molecule has 1 aromatic heterocycles. The second kappa shape index (κ2) is 3.37. The van der Waals surface area contributed by atoms with E-state index in [0.29, 0.717) is 18.1 Å². The van der Waals surface area contributed by atoms with E-state index in [1.165, 1.54) is 5.56 Å². The highest BCUT2D eigenvalue weighted by Crippen LogP contribution is 2.36. The number of nitrogens with one attached hydrogen (secondary N) is 1. The van der Waals surface area contributed by atoms with Gasteiger partial charge in [-0.05, 0) is 25.3 Å². The molecule has 0 bridgehead atoms. The van der Waals surface area contributed by atoms with Crippen molar-refractivity contribution in [3.05, 3.63) is 17.3 Å². The first-order valence-corrected chi connectivity index (χ1v) is 6.09. The van der Waals surface area contributed by atoms with Gasteiger partial charge in [0, 0.05) is 18.0 Å². The monoisotopic (exact) mass is 218 g/mol. The van der Waals surface area contributed by atoms with Crippen LogP contribution >= 0.6 is 0 Å². The summed E-state index contributed by atoms with van der Waals surface area (Å²) < 4.78 is 5.94. The van der Waals surface area contributed by atoms with Gasteiger partial charge in [-0.15, -0.1) is 0 Å². The summed E-state index contributed by atoms with van der Waals surface area (Å²) in [6.45, 7) is 6.58. The van der Waals surface area contributed by atoms with E-state index in [-0.39, 0.29) is 0 Å². The van der Waals surface area contributed by atoms with Crippen LogP contribution in [0.25, 0.3) is 0 Å². The van der Waals surface area contributed by atoms with Gasteiger partial charge in [-0.3, -0.25) is 0 Å². The summed E-state index contributed by atoms with van der Waals surface area (Å²) in [5, 5.41) is 3.40. The Morgan fingerprint density at radius 2 is 2.25 bits per heavy atom. The van der Waals surface area contributed by atoms with Gasteiger partial charge in [0.15, 0.2) is 0 Å². The Hall–Kier alpha value is -1.25. The molecule has 0 aliphatic carbocycles. The molecule has 0 fully saturated rings. The normalized spacial score (nSPS) is 26.2. The van der Waals surface area contributed by atoms with Crippen LogP contribution in [0.3, 0.4) is 0 Å². The predicted octanol–water partition coefficient (Wildman–Crippen LogP) is 2.40. The van der Waals surface area contributed by atoms with Gasteiger partial charge in [-0.2, -0.15) is 0 Å². The van der Waals surface area contributed by atoms with Crippen molar-refractivity contribution in [2.75, 3.05) is 5.32 Å². The molecule has 0 saturated carbocycles. The number of rotatable bonds is 1. The van der Waals surface area contributed by atoms with Crippen LogP contribution in [0.2, 0.25) is 0 Å². The van der Waals surface area contributed by atoms with Crippen LogP contribution < -0.4 is 10.1 Å². The number of anilines is 1. The van der Waals surface area contributed by atoms with Crippen molar-refractivity contribution >= 4 is 5.82 Å². The number of hydrogen-bond acceptors (Lipinski definition) is 3. The average molecular weight is 218 g/mol. The quantitative estimate of drug-likeness (QED) is 0.786. The maximum absolute atomic E-state index is 5.94. The van der Waals surface area contributed by atoms with Gasteiger partial charge in [0.2, 0.25) is 0 Å². The minimum Gasteiger partial charge on any atom is -0.488 e. The molecule has 0 aromatic carbocycles. The summed E-state index contributed by atoms with van der Waals surface area (Å²) in [5.41, 5.74) is 2.43. The standard InChI is InChI=1S/C13H18N2O/c1-7(2)11-6-10-12(16-11)5-9-4-8(3)14-13(9)15-10/h5,7-8,11H,4,6H2,1-3H3,(H,14,15). The van der Waals surface area contributed by atoms with Crippen LogP contribution in [-0.4, -0.2) is 17.1 Å². The van der Waals surface area contributed by atoms with Crippen molar-refractivity contribution in [2.24, 2.45) is 5.92 Å². The van der Waals surface area contributed by atoms with Crippen molar-refractivity contribution in [1.82, 2.24) is 4.98 Å². The van der Waals surface area contributed by atoms with E-state index >= 15 is 0 Å². The SMILES string of the molecule is CC1Cc2cc3c(nc2N1)CC(C(C)C)O3. The van der Waals surface area contributed by atoms with Gasteiger partial charge in [0.25, 0.3) is 0 Å². The zero-order valence-corrected chi connectivity index (χ0v) is 10.1. The first kappa shape index (κ1) is 9.94. The van der Waals surface area contributed by atoms with E-state index < -0.39 is 0 Å². The predicted molar refractivity (Wildman–Crippen MR) is 64.0 cm³/mol. The van der Waals surface area contributed by atoms with E-state index in [0.717, 1.165) is 30.1 Å². The number of ether oxygens (including phenoxy) is 1. The molecular formula is C13H18N2O. The van der Waals surface area contributed by atoms with Crippen molar-refractivity contribution in [1.29, 1.82) is 0 Å². The second-order valence-corrected chi connectivity index (χ2v) is 5.29. The third-order valence-corrected chi connectivity index (χ3v) is 3.47. The number of hydrogen-bond donors (Lipinski definition) is 1. The molecule has 3 heterocycles. The second-order valence-electron chi connectivity index (χ2n) is 5.29. The molecule has 2 aliphatic rings. The van der Waals surface area contributed by atoms with Crippen LogP contribution in [0.4, 0.5) is 5.82 Å². The first-order valence-electron chi connectivity index (χ1n) is 6.09.